The lowest BCUT2D eigenvalue weighted by atomic mass is 10.1. The molecular formula is C16H17ClFN3O. The van der Waals surface area contributed by atoms with E-state index in [4.69, 9.17) is 16.0 Å². The third-order valence-corrected chi connectivity index (χ3v) is 4.02. The van der Waals surface area contributed by atoms with E-state index in [-0.39, 0.29) is 22.8 Å². The van der Waals surface area contributed by atoms with Crippen molar-refractivity contribution in [3.63, 3.8) is 0 Å². The molecule has 4 nitrogen and oxygen atoms in total. The van der Waals surface area contributed by atoms with Crippen molar-refractivity contribution in [3.05, 3.63) is 58.8 Å². The summed E-state index contributed by atoms with van der Waals surface area (Å²) in [5.41, 5.74) is 0.959. The van der Waals surface area contributed by atoms with E-state index in [0.29, 0.717) is 12.5 Å². The average molecular weight is 322 g/mol. The van der Waals surface area contributed by atoms with Crippen LogP contribution in [0.3, 0.4) is 0 Å². The van der Waals surface area contributed by atoms with Crippen LogP contribution in [0.15, 0.2) is 46.0 Å². The number of aliphatic imine (C=N–C) groups is 1. The zero-order chi connectivity index (χ0) is 15.5. The van der Waals surface area contributed by atoms with Gasteiger partial charge in [-0.2, -0.15) is 0 Å². The van der Waals surface area contributed by atoms with Crippen molar-refractivity contribution in [3.8, 4) is 0 Å². The minimum atomic E-state index is -0.370. The monoisotopic (exact) mass is 321 g/mol. The summed E-state index contributed by atoms with van der Waals surface area (Å²) >= 11 is 5.71. The Morgan fingerprint density at radius 1 is 1.45 bits per heavy atom. The van der Waals surface area contributed by atoms with Gasteiger partial charge >= 0.3 is 0 Å². The summed E-state index contributed by atoms with van der Waals surface area (Å²) in [6.45, 7) is 0.569. The maximum atomic E-state index is 13.5. The maximum Gasteiger partial charge on any atom is 0.191 e. The van der Waals surface area contributed by atoms with Crippen molar-refractivity contribution < 1.29 is 8.81 Å². The summed E-state index contributed by atoms with van der Waals surface area (Å²) < 4.78 is 18.8. The van der Waals surface area contributed by atoms with Gasteiger partial charge in [-0.1, -0.05) is 17.7 Å². The Morgan fingerprint density at radius 3 is 3.00 bits per heavy atom. The molecule has 1 aromatic heterocycles. The minimum absolute atomic E-state index is 0.157. The molecule has 116 valence electrons. The molecule has 0 spiro atoms. The molecule has 2 N–H and O–H groups in total. The van der Waals surface area contributed by atoms with Gasteiger partial charge in [0.25, 0.3) is 0 Å². The van der Waals surface area contributed by atoms with Gasteiger partial charge in [0.05, 0.1) is 17.8 Å². The molecule has 2 atom stereocenters. The predicted molar refractivity (Wildman–Crippen MR) is 84.6 cm³/mol. The lowest BCUT2D eigenvalue weighted by Gasteiger charge is -2.11. The highest BCUT2D eigenvalue weighted by Crippen LogP contribution is 2.41. The molecule has 2 aromatic rings. The molecule has 1 aliphatic carbocycles. The van der Waals surface area contributed by atoms with Crippen molar-refractivity contribution in [1.82, 2.24) is 10.6 Å². The first-order valence-corrected chi connectivity index (χ1v) is 7.49. The molecule has 3 rings (SSSR count). The topological polar surface area (TPSA) is 49.6 Å². The molecule has 22 heavy (non-hydrogen) atoms. The van der Waals surface area contributed by atoms with Crippen LogP contribution in [0.5, 0.6) is 0 Å². The maximum absolute atomic E-state index is 13.5. The number of furan rings is 1. The number of benzene rings is 1. The second-order valence-electron chi connectivity index (χ2n) is 5.27. The Balaban J connectivity index is 1.54. The second-order valence-corrected chi connectivity index (χ2v) is 5.68. The number of nitrogens with zero attached hydrogens (tertiary/aromatic N) is 1. The molecule has 1 aromatic carbocycles. The van der Waals surface area contributed by atoms with E-state index in [2.05, 4.69) is 15.6 Å². The summed E-state index contributed by atoms with van der Waals surface area (Å²) in [6, 6.07) is 8.98. The van der Waals surface area contributed by atoms with Crippen LogP contribution < -0.4 is 10.6 Å². The first-order valence-electron chi connectivity index (χ1n) is 7.12. The van der Waals surface area contributed by atoms with E-state index in [0.717, 1.165) is 17.7 Å². The first-order chi connectivity index (χ1) is 10.7. The fraction of sp³-hybridized carbons (Fsp3) is 0.312. The van der Waals surface area contributed by atoms with Gasteiger partial charge in [0.15, 0.2) is 5.96 Å². The SMILES string of the molecule is CN=C(NCc1ccco1)N[C@@H]1C[C@H]1c1ccc(Cl)c(F)c1. The van der Waals surface area contributed by atoms with Gasteiger partial charge < -0.3 is 15.1 Å². The molecule has 1 saturated carbocycles. The van der Waals surface area contributed by atoms with Crippen molar-refractivity contribution in [2.45, 2.75) is 24.9 Å². The third-order valence-electron chi connectivity index (χ3n) is 3.72. The van der Waals surface area contributed by atoms with Gasteiger partial charge in [0.2, 0.25) is 0 Å². The van der Waals surface area contributed by atoms with E-state index in [1.54, 1.807) is 19.4 Å². The van der Waals surface area contributed by atoms with Crippen LogP contribution >= 0.6 is 11.6 Å². The summed E-state index contributed by atoms with van der Waals surface area (Å²) in [7, 11) is 1.72. The van der Waals surface area contributed by atoms with Crippen molar-refractivity contribution >= 4 is 17.6 Å². The Bertz CT molecular complexity index is 672. The molecule has 1 aliphatic rings. The van der Waals surface area contributed by atoms with Crippen molar-refractivity contribution in [2.75, 3.05) is 7.05 Å². The highest BCUT2D eigenvalue weighted by Gasteiger charge is 2.39. The fourth-order valence-corrected chi connectivity index (χ4v) is 2.54. The van der Waals surface area contributed by atoms with Crippen LogP contribution in [0.1, 0.15) is 23.7 Å². The van der Waals surface area contributed by atoms with E-state index >= 15 is 0 Å². The average Bonchev–Trinajstić information content (AvgIpc) is 3.08. The predicted octanol–water partition coefficient (Wildman–Crippen LogP) is 3.29. The Morgan fingerprint density at radius 2 is 2.32 bits per heavy atom. The van der Waals surface area contributed by atoms with Crippen LogP contribution in [0.25, 0.3) is 0 Å². The molecule has 0 radical (unpaired) electrons. The zero-order valence-corrected chi connectivity index (χ0v) is 12.9. The quantitative estimate of drug-likeness (QED) is 0.671. The molecule has 0 saturated heterocycles. The van der Waals surface area contributed by atoms with E-state index in [9.17, 15) is 4.39 Å². The molecule has 0 aliphatic heterocycles. The van der Waals surface area contributed by atoms with E-state index in [1.165, 1.54) is 6.07 Å². The summed E-state index contributed by atoms with van der Waals surface area (Å²) in [5.74, 6) is 1.47. The summed E-state index contributed by atoms with van der Waals surface area (Å²) in [6.07, 6.45) is 2.59. The molecule has 0 bridgehead atoms. The smallest absolute Gasteiger partial charge is 0.191 e. The number of halogens is 2. The normalized spacial score (nSPS) is 20.8. The first kappa shape index (κ1) is 14.9. The van der Waals surface area contributed by atoms with Crippen LogP contribution in [0.4, 0.5) is 4.39 Å². The highest BCUT2D eigenvalue weighted by molar-refractivity contribution is 6.30. The third kappa shape index (κ3) is 3.42. The number of hydrogen-bond donors (Lipinski definition) is 2. The molecule has 6 heteroatoms. The van der Waals surface area contributed by atoms with Crippen LogP contribution in [-0.2, 0) is 6.54 Å². The van der Waals surface area contributed by atoms with Gasteiger partial charge in [0.1, 0.15) is 11.6 Å². The van der Waals surface area contributed by atoms with E-state index in [1.807, 2.05) is 18.2 Å². The number of rotatable bonds is 4. The van der Waals surface area contributed by atoms with Crippen LogP contribution in [0.2, 0.25) is 5.02 Å². The van der Waals surface area contributed by atoms with Crippen LogP contribution in [0, 0.1) is 5.82 Å². The molecular weight excluding hydrogens is 305 g/mol. The molecule has 0 unspecified atom stereocenters. The lowest BCUT2D eigenvalue weighted by Crippen LogP contribution is -2.38. The highest BCUT2D eigenvalue weighted by atomic mass is 35.5. The summed E-state index contributed by atoms with van der Waals surface area (Å²) in [5, 5.41) is 6.67. The van der Waals surface area contributed by atoms with Gasteiger partial charge in [-0.05, 0) is 36.2 Å². The summed E-state index contributed by atoms with van der Waals surface area (Å²) in [4.78, 5) is 4.18. The van der Waals surface area contributed by atoms with Gasteiger partial charge in [-0.25, -0.2) is 4.39 Å². The molecule has 1 heterocycles. The molecule has 1 fully saturated rings. The Labute approximate surface area is 133 Å². The van der Waals surface area contributed by atoms with Crippen molar-refractivity contribution in [1.29, 1.82) is 0 Å². The Kier molecular flexibility index (Phi) is 4.34. The second kappa shape index (κ2) is 6.40. The lowest BCUT2D eigenvalue weighted by molar-refractivity contribution is 0.501. The Hall–Kier alpha value is -2.01. The number of guanidine groups is 1. The minimum Gasteiger partial charge on any atom is -0.467 e. The van der Waals surface area contributed by atoms with E-state index < -0.39 is 0 Å². The number of nitrogens with one attached hydrogen (secondary N) is 2. The van der Waals surface area contributed by atoms with Gasteiger partial charge in [0, 0.05) is 19.0 Å². The molecule has 0 amide bonds. The van der Waals surface area contributed by atoms with Gasteiger partial charge in [-0.3, -0.25) is 4.99 Å². The van der Waals surface area contributed by atoms with Crippen molar-refractivity contribution in [2.24, 2.45) is 4.99 Å². The standard InChI is InChI=1S/C16H17ClFN3O/c1-19-16(20-9-11-3-2-6-22-11)21-15-8-12(15)10-4-5-13(17)14(18)7-10/h2-7,12,15H,8-9H2,1H3,(H2,19,20,21)/t12-,15+/m0/s1. The zero-order valence-electron chi connectivity index (χ0n) is 12.1. The fourth-order valence-electron chi connectivity index (χ4n) is 2.42. The number of hydrogen-bond acceptors (Lipinski definition) is 2. The van der Waals surface area contributed by atoms with Crippen LogP contribution in [-0.4, -0.2) is 19.0 Å². The largest absolute Gasteiger partial charge is 0.467 e. The van der Waals surface area contributed by atoms with Gasteiger partial charge in [-0.15, -0.1) is 0 Å².